The smallest absolute Gasteiger partial charge is 0.218 e. The fraction of sp³-hybridized carbons (Fsp3) is 0.750. The number of ether oxygens (including phenoxy) is 2. The van der Waals surface area contributed by atoms with E-state index in [0.717, 1.165) is 63.2 Å². The predicted octanol–water partition coefficient (Wildman–Crippen LogP) is 2.98. The van der Waals surface area contributed by atoms with Crippen LogP contribution in [0.15, 0.2) is 6.07 Å². The van der Waals surface area contributed by atoms with Gasteiger partial charge in [0.05, 0.1) is 6.61 Å². The lowest BCUT2D eigenvalue weighted by Crippen LogP contribution is -2.21. The van der Waals surface area contributed by atoms with Gasteiger partial charge in [-0.25, -0.2) is 4.98 Å². The summed E-state index contributed by atoms with van der Waals surface area (Å²) in [6.45, 7) is 5.53. The van der Waals surface area contributed by atoms with Crippen molar-refractivity contribution in [2.24, 2.45) is 5.92 Å². The Kier molecular flexibility index (Phi) is 4.91. The number of aromatic nitrogens is 2. The Hall–Kier alpha value is -1.36. The number of anilines is 1. The third-order valence-corrected chi connectivity index (χ3v) is 4.03. The van der Waals surface area contributed by atoms with Crippen LogP contribution in [0.5, 0.6) is 5.88 Å². The van der Waals surface area contributed by atoms with Crippen LogP contribution in [0.4, 0.5) is 5.82 Å². The van der Waals surface area contributed by atoms with Crippen LogP contribution in [0.25, 0.3) is 0 Å². The highest BCUT2D eigenvalue weighted by Crippen LogP contribution is 2.39. The number of rotatable bonds is 7. The molecule has 1 N–H and O–H groups in total. The Morgan fingerprint density at radius 2 is 2.05 bits per heavy atom. The first-order valence-corrected chi connectivity index (χ1v) is 8.18. The predicted molar refractivity (Wildman–Crippen MR) is 81.8 cm³/mol. The second-order valence-electron chi connectivity index (χ2n) is 6.02. The molecule has 0 atom stereocenters. The Balaban J connectivity index is 1.63. The van der Waals surface area contributed by atoms with E-state index in [1.165, 1.54) is 12.8 Å². The highest BCUT2D eigenvalue weighted by molar-refractivity contribution is 5.39. The molecule has 0 radical (unpaired) electrons. The Morgan fingerprint density at radius 1 is 1.24 bits per heavy atom. The maximum atomic E-state index is 5.94. The summed E-state index contributed by atoms with van der Waals surface area (Å²) in [5.74, 6) is 3.69. The van der Waals surface area contributed by atoms with Crippen LogP contribution >= 0.6 is 0 Å². The first kappa shape index (κ1) is 14.6. The summed E-state index contributed by atoms with van der Waals surface area (Å²) >= 11 is 0. The lowest BCUT2D eigenvalue weighted by Gasteiger charge is -2.22. The molecule has 1 aliphatic carbocycles. The molecule has 1 aromatic rings. The highest BCUT2D eigenvalue weighted by atomic mass is 16.5. The van der Waals surface area contributed by atoms with Gasteiger partial charge in [-0.05, 0) is 38.0 Å². The number of hydrogen-bond acceptors (Lipinski definition) is 5. The number of hydrogen-bond donors (Lipinski definition) is 1. The minimum atomic E-state index is 0.541. The number of nitrogens with one attached hydrogen (secondary N) is 1. The van der Waals surface area contributed by atoms with Gasteiger partial charge in [0.25, 0.3) is 0 Å². The van der Waals surface area contributed by atoms with Crippen molar-refractivity contribution in [1.29, 1.82) is 0 Å². The van der Waals surface area contributed by atoms with E-state index in [2.05, 4.69) is 22.2 Å². The minimum absolute atomic E-state index is 0.541. The molecule has 116 valence electrons. The van der Waals surface area contributed by atoms with Crippen molar-refractivity contribution in [1.82, 2.24) is 9.97 Å². The van der Waals surface area contributed by atoms with E-state index in [1.807, 2.05) is 6.07 Å². The summed E-state index contributed by atoms with van der Waals surface area (Å²) in [5, 5.41) is 3.34. The molecule has 0 unspecified atom stereocenters. The zero-order chi connectivity index (χ0) is 14.5. The standard InChI is InChI=1S/C16H25N3O2/c1-2-7-17-14-10-15(19-16(18-14)13-3-4-13)21-11-12-5-8-20-9-6-12/h10,12-13H,2-9,11H2,1H3,(H,17,18,19). The zero-order valence-electron chi connectivity index (χ0n) is 12.8. The quantitative estimate of drug-likeness (QED) is 0.837. The van der Waals surface area contributed by atoms with Crippen molar-refractivity contribution in [3.8, 4) is 5.88 Å². The molecule has 1 aliphatic heterocycles. The van der Waals surface area contributed by atoms with Crippen molar-refractivity contribution in [2.75, 3.05) is 31.7 Å². The van der Waals surface area contributed by atoms with Gasteiger partial charge in [-0.1, -0.05) is 6.92 Å². The van der Waals surface area contributed by atoms with Crippen LogP contribution in [0.1, 0.15) is 50.8 Å². The van der Waals surface area contributed by atoms with E-state index in [1.54, 1.807) is 0 Å². The Labute approximate surface area is 126 Å². The largest absolute Gasteiger partial charge is 0.477 e. The summed E-state index contributed by atoms with van der Waals surface area (Å²) in [6, 6.07) is 1.93. The molecule has 1 saturated carbocycles. The van der Waals surface area contributed by atoms with E-state index in [0.29, 0.717) is 11.8 Å². The van der Waals surface area contributed by atoms with Crippen LogP contribution in [0.2, 0.25) is 0 Å². The van der Waals surface area contributed by atoms with Gasteiger partial charge in [-0.2, -0.15) is 4.98 Å². The van der Waals surface area contributed by atoms with Crippen LogP contribution in [-0.2, 0) is 4.74 Å². The first-order chi connectivity index (χ1) is 10.3. The van der Waals surface area contributed by atoms with Gasteiger partial charge in [0.2, 0.25) is 5.88 Å². The fourth-order valence-electron chi connectivity index (χ4n) is 2.50. The first-order valence-electron chi connectivity index (χ1n) is 8.18. The van der Waals surface area contributed by atoms with Crippen LogP contribution in [0.3, 0.4) is 0 Å². The number of nitrogens with zero attached hydrogens (tertiary/aromatic N) is 2. The monoisotopic (exact) mass is 291 g/mol. The molecule has 3 rings (SSSR count). The van der Waals surface area contributed by atoms with E-state index >= 15 is 0 Å². The maximum absolute atomic E-state index is 5.94. The highest BCUT2D eigenvalue weighted by Gasteiger charge is 2.27. The maximum Gasteiger partial charge on any atom is 0.218 e. The van der Waals surface area contributed by atoms with Crippen LogP contribution in [-0.4, -0.2) is 36.3 Å². The zero-order valence-corrected chi connectivity index (χ0v) is 12.8. The summed E-state index contributed by atoms with van der Waals surface area (Å²) in [7, 11) is 0. The fourth-order valence-corrected chi connectivity index (χ4v) is 2.50. The van der Waals surface area contributed by atoms with Gasteiger partial charge >= 0.3 is 0 Å². The average molecular weight is 291 g/mol. The second-order valence-corrected chi connectivity index (χ2v) is 6.02. The molecule has 2 aliphatic rings. The Bertz CT molecular complexity index is 457. The summed E-state index contributed by atoms with van der Waals surface area (Å²) < 4.78 is 11.3. The normalized spacial score (nSPS) is 19.5. The molecule has 2 fully saturated rings. The van der Waals surface area contributed by atoms with Crippen molar-refractivity contribution in [2.45, 2.75) is 44.9 Å². The average Bonchev–Trinajstić information content (AvgIpc) is 3.37. The van der Waals surface area contributed by atoms with Gasteiger partial charge in [-0.15, -0.1) is 0 Å². The van der Waals surface area contributed by atoms with E-state index in [4.69, 9.17) is 9.47 Å². The lowest BCUT2D eigenvalue weighted by atomic mass is 10.0. The molecule has 1 saturated heterocycles. The molecule has 0 aromatic carbocycles. The third-order valence-electron chi connectivity index (χ3n) is 4.03. The lowest BCUT2D eigenvalue weighted by molar-refractivity contribution is 0.0490. The minimum Gasteiger partial charge on any atom is -0.477 e. The van der Waals surface area contributed by atoms with Gasteiger partial charge < -0.3 is 14.8 Å². The summed E-state index contributed by atoms with van der Waals surface area (Å²) in [4.78, 5) is 9.19. The van der Waals surface area contributed by atoms with Crippen LogP contribution in [0, 0.1) is 5.92 Å². The van der Waals surface area contributed by atoms with Crippen molar-refractivity contribution < 1.29 is 9.47 Å². The van der Waals surface area contributed by atoms with Crippen molar-refractivity contribution in [3.05, 3.63) is 11.9 Å². The van der Waals surface area contributed by atoms with Crippen molar-refractivity contribution in [3.63, 3.8) is 0 Å². The SMILES string of the molecule is CCCNc1cc(OCC2CCOCC2)nc(C2CC2)n1. The molecule has 21 heavy (non-hydrogen) atoms. The molecule has 2 heterocycles. The molecule has 5 heteroatoms. The topological polar surface area (TPSA) is 56.3 Å². The van der Waals surface area contributed by atoms with Crippen molar-refractivity contribution >= 4 is 5.82 Å². The van der Waals surface area contributed by atoms with Gasteiger partial charge in [0.1, 0.15) is 11.6 Å². The molecule has 5 nitrogen and oxygen atoms in total. The summed E-state index contributed by atoms with van der Waals surface area (Å²) in [5.41, 5.74) is 0. The second kappa shape index (κ2) is 7.07. The molecule has 0 spiro atoms. The molecule has 0 bridgehead atoms. The molecule has 0 amide bonds. The van der Waals surface area contributed by atoms with E-state index in [-0.39, 0.29) is 0 Å². The van der Waals surface area contributed by atoms with Gasteiger partial charge in [-0.3, -0.25) is 0 Å². The Morgan fingerprint density at radius 3 is 2.76 bits per heavy atom. The molecular formula is C16H25N3O2. The molecular weight excluding hydrogens is 266 g/mol. The molecule has 1 aromatic heterocycles. The van der Waals surface area contributed by atoms with E-state index < -0.39 is 0 Å². The van der Waals surface area contributed by atoms with Gasteiger partial charge in [0, 0.05) is 31.7 Å². The third kappa shape index (κ3) is 4.30. The van der Waals surface area contributed by atoms with E-state index in [9.17, 15) is 0 Å². The van der Waals surface area contributed by atoms with Crippen LogP contribution < -0.4 is 10.1 Å². The summed E-state index contributed by atoms with van der Waals surface area (Å²) in [6.07, 6.45) is 5.66. The van der Waals surface area contributed by atoms with Gasteiger partial charge in [0.15, 0.2) is 0 Å².